The predicted octanol–water partition coefficient (Wildman–Crippen LogP) is -0.316. The molecule has 0 aromatic carbocycles. The van der Waals surface area contributed by atoms with Crippen molar-refractivity contribution in [3.8, 4) is 0 Å². The molecule has 0 aliphatic heterocycles. The van der Waals surface area contributed by atoms with Crippen molar-refractivity contribution in [2.24, 2.45) is 0 Å². The summed E-state index contributed by atoms with van der Waals surface area (Å²) in [5, 5.41) is 2.98. The third-order valence-electron chi connectivity index (χ3n) is 2.15. The summed E-state index contributed by atoms with van der Waals surface area (Å²) in [5.41, 5.74) is -0.196. The topological polar surface area (TPSA) is 104 Å². The minimum atomic E-state index is -3.14. The van der Waals surface area contributed by atoms with Crippen molar-refractivity contribution in [2.45, 2.75) is 19.8 Å². The zero-order chi connectivity index (χ0) is 13.6. The van der Waals surface area contributed by atoms with Crippen LogP contribution in [0.4, 0.5) is 5.82 Å². The largest absolute Gasteiger partial charge is 0.370 e. The first-order valence-electron chi connectivity index (χ1n) is 5.69. The third-order valence-corrected chi connectivity index (χ3v) is 2.88. The van der Waals surface area contributed by atoms with Gasteiger partial charge in [0.25, 0.3) is 5.56 Å². The van der Waals surface area contributed by atoms with Gasteiger partial charge in [-0.2, -0.15) is 0 Å². The summed E-state index contributed by atoms with van der Waals surface area (Å²) >= 11 is 0. The number of hydrogen-bond donors (Lipinski definition) is 3. The summed E-state index contributed by atoms with van der Waals surface area (Å²) in [7, 11) is -3.14. The SMILES string of the molecule is CCc1nc(NCCCNS(C)(=O)=O)cc(=O)[nH]1. The average molecular weight is 274 g/mol. The highest BCUT2D eigenvalue weighted by Gasteiger charge is 2.01. The van der Waals surface area contributed by atoms with Gasteiger partial charge in [0.15, 0.2) is 0 Å². The Hall–Kier alpha value is -1.41. The molecular weight excluding hydrogens is 256 g/mol. The van der Waals surface area contributed by atoms with E-state index in [1.54, 1.807) is 0 Å². The van der Waals surface area contributed by atoms with E-state index in [1.807, 2.05) is 6.92 Å². The third kappa shape index (κ3) is 5.78. The van der Waals surface area contributed by atoms with Crippen molar-refractivity contribution in [3.05, 3.63) is 22.2 Å². The summed E-state index contributed by atoms with van der Waals surface area (Å²) in [6.45, 7) is 2.80. The second-order valence-electron chi connectivity index (χ2n) is 3.88. The molecule has 1 rings (SSSR count). The normalized spacial score (nSPS) is 11.4. The van der Waals surface area contributed by atoms with Gasteiger partial charge in [0, 0.05) is 25.6 Å². The molecule has 0 unspecified atom stereocenters. The van der Waals surface area contributed by atoms with Gasteiger partial charge in [-0.1, -0.05) is 6.92 Å². The number of rotatable bonds is 7. The maximum atomic E-state index is 11.3. The van der Waals surface area contributed by atoms with Crippen LogP contribution in [0.15, 0.2) is 10.9 Å². The molecule has 1 heterocycles. The van der Waals surface area contributed by atoms with E-state index in [2.05, 4.69) is 20.0 Å². The number of sulfonamides is 1. The van der Waals surface area contributed by atoms with Crippen molar-refractivity contribution in [1.29, 1.82) is 0 Å². The van der Waals surface area contributed by atoms with Gasteiger partial charge in [0.2, 0.25) is 10.0 Å². The van der Waals surface area contributed by atoms with Gasteiger partial charge >= 0.3 is 0 Å². The fourth-order valence-corrected chi connectivity index (χ4v) is 1.84. The number of H-pyrrole nitrogens is 1. The number of aryl methyl sites for hydroxylation is 1. The van der Waals surface area contributed by atoms with E-state index < -0.39 is 10.0 Å². The molecule has 0 spiro atoms. The first kappa shape index (κ1) is 14.7. The molecule has 0 aliphatic carbocycles. The summed E-state index contributed by atoms with van der Waals surface area (Å²) in [6, 6.07) is 1.38. The predicted molar refractivity (Wildman–Crippen MR) is 70.2 cm³/mol. The maximum absolute atomic E-state index is 11.3. The first-order chi connectivity index (χ1) is 8.40. The summed E-state index contributed by atoms with van der Waals surface area (Å²) in [6.07, 6.45) is 2.38. The Morgan fingerprint density at radius 1 is 1.39 bits per heavy atom. The Morgan fingerprint density at radius 3 is 2.72 bits per heavy atom. The van der Waals surface area contributed by atoms with Crippen LogP contribution in [-0.4, -0.2) is 37.7 Å². The van der Waals surface area contributed by atoms with Crippen LogP contribution in [0, 0.1) is 0 Å². The van der Waals surface area contributed by atoms with Crippen molar-refractivity contribution < 1.29 is 8.42 Å². The quantitative estimate of drug-likeness (QED) is 0.591. The molecule has 0 atom stereocenters. The standard InChI is InChI=1S/C10H18N4O3S/c1-3-8-13-9(7-10(15)14-8)11-5-4-6-12-18(2,16)17/h7,12H,3-6H2,1-2H3,(H2,11,13,14,15). The number of anilines is 1. The zero-order valence-corrected chi connectivity index (χ0v) is 11.3. The molecule has 1 aromatic heterocycles. The molecule has 0 fully saturated rings. The van der Waals surface area contributed by atoms with Crippen LogP contribution in [0.1, 0.15) is 19.2 Å². The van der Waals surface area contributed by atoms with E-state index in [0.29, 0.717) is 37.6 Å². The molecular formula is C10H18N4O3S. The fraction of sp³-hybridized carbons (Fsp3) is 0.600. The lowest BCUT2D eigenvalue weighted by Crippen LogP contribution is -2.24. The molecule has 0 radical (unpaired) electrons. The van der Waals surface area contributed by atoms with Crippen LogP contribution >= 0.6 is 0 Å². The van der Waals surface area contributed by atoms with Crippen LogP contribution in [-0.2, 0) is 16.4 Å². The number of nitrogens with zero attached hydrogens (tertiary/aromatic N) is 1. The molecule has 7 nitrogen and oxygen atoms in total. The Bertz CT molecular complexity index is 538. The van der Waals surface area contributed by atoms with Crippen molar-refractivity contribution in [1.82, 2.24) is 14.7 Å². The first-order valence-corrected chi connectivity index (χ1v) is 7.58. The van der Waals surface area contributed by atoms with Crippen LogP contribution in [0.25, 0.3) is 0 Å². The van der Waals surface area contributed by atoms with E-state index in [4.69, 9.17) is 0 Å². The van der Waals surface area contributed by atoms with Gasteiger partial charge in [0.05, 0.1) is 6.26 Å². The summed E-state index contributed by atoms with van der Waals surface area (Å²) < 4.78 is 24.0. The van der Waals surface area contributed by atoms with Gasteiger partial charge in [-0.05, 0) is 6.42 Å². The van der Waals surface area contributed by atoms with Crippen molar-refractivity contribution in [2.75, 3.05) is 24.7 Å². The number of hydrogen-bond acceptors (Lipinski definition) is 5. The minimum absolute atomic E-state index is 0.196. The Balaban J connectivity index is 2.40. The fourth-order valence-electron chi connectivity index (χ4n) is 1.33. The molecule has 18 heavy (non-hydrogen) atoms. The van der Waals surface area contributed by atoms with E-state index in [-0.39, 0.29) is 5.56 Å². The number of nitrogens with one attached hydrogen (secondary N) is 3. The van der Waals surface area contributed by atoms with Crippen LogP contribution in [0.3, 0.4) is 0 Å². The van der Waals surface area contributed by atoms with E-state index >= 15 is 0 Å². The van der Waals surface area contributed by atoms with E-state index in [1.165, 1.54) is 6.07 Å². The van der Waals surface area contributed by atoms with Gasteiger partial charge < -0.3 is 10.3 Å². The number of aromatic nitrogens is 2. The average Bonchev–Trinajstić information content (AvgIpc) is 2.26. The Morgan fingerprint density at radius 2 is 2.11 bits per heavy atom. The minimum Gasteiger partial charge on any atom is -0.370 e. The highest BCUT2D eigenvalue weighted by atomic mass is 32.2. The number of aromatic amines is 1. The molecule has 3 N–H and O–H groups in total. The highest BCUT2D eigenvalue weighted by molar-refractivity contribution is 7.88. The van der Waals surface area contributed by atoms with Crippen molar-refractivity contribution >= 4 is 15.8 Å². The van der Waals surface area contributed by atoms with Gasteiger partial charge in [0.1, 0.15) is 11.6 Å². The van der Waals surface area contributed by atoms with E-state index in [0.717, 1.165) is 6.26 Å². The lowest BCUT2D eigenvalue weighted by Gasteiger charge is -2.06. The molecule has 1 aromatic rings. The van der Waals surface area contributed by atoms with Crippen LogP contribution in [0.2, 0.25) is 0 Å². The molecule has 102 valence electrons. The Labute approximate surface area is 106 Å². The summed E-state index contributed by atoms with van der Waals surface area (Å²) in [4.78, 5) is 18.1. The Kier molecular flexibility index (Phi) is 5.29. The molecule has 0 bridgehead atoms. The highest BCUT2D eigenvalue weighted by Crippen LogP contribution is 1.99. The molecule has 0 saturated carbocycles. The second-order valence-corrected chi connectivity index (χ2v) is 5.71. The zero-order valence-electron chi connectivity index (χ0n) is 10.5. The van der Waals surface area contributed by atoms with Gasteiger partial charge in [-0.15, -0.1) is 0 Å². The summed E-state index contributed by atoms with van der Waals surface area (Å²) in [5.74, 6) is 1.13. The van der Waals surface area contributed by atoms with Gasteiger partial charge in [-0.3, -0.25) is 4.79 Å². The smallest absolute Gasteiger partial charge is 0.252 e. The van der Waals surface area contributed by atoms with Gasteiger partial charge in [-0.25, -0.2) is 18.1 Å². The van der Waals surface area contributed by atoms with Crippen molar-refractivity contribution in [3.63, 3.8) is 0 Å². The molecule has 0 saturated heterocycles. The van der Waals surface area contributed by atoms with E-state index in [9.17, 15) is 13.2 Å². The second kappa shape index (κ2) is 6.50. The van der Waals surface area contributed by atoms with Crippen LogP contribution in [0.5, 0.6) is 0 Å². The molecule has 0 amide bonds. The van der Waals surface area contributed by atoms with Crippen LogP contribution < -0.4 is 15.6 Å². The monoisotopic (exact) mass is 274 g/mol. The molecule has 8 heteroatoms. The lowest BCUT2D eigenvalue weighted by atomic mass is 10.4. The molecule has 0 aliphatic rings. The lowest BCUT2D eigenvalue weighted by molar-refractivity contribution is 0.586. The maximum Gasteiger partial charge on any atom is 0.252 e.